The summed E-state index contributed by atoms with van der Waals surface area (Å²) in [6, 6.07) is 5.09. The molecule has 1 heterocycles. The van der Waals surface area contributed by atoms with Gasteiger partial charge in [0.25, 0.3) is 0 Å². The Hall–Kier alpha value is -1.89. The number of alkyl halides is 3. The van der Waals surface area contributed by atoms with E-state index in [0.717, 1.165) is 16.9 Å². The summed E-state index contributed by atoms with van der Waals surface area (Å²) < 4.78 is 52.2. The number of benzene rings is 1. The van der Waals surface area contributed by atoms with Crippen LogP contribution < -0.4 is 5.32 Å². The van der Waals surface area contributed by atoms with Gasteiger partial charge in [-0.15, -0.1) is 0 Å². The van der Waals surface area contributed by atoms with Gasteiger partial charge in [0.1, 0.15) is 11.5 Å². The van der Waals surface area contributed by atoms with Crippen LogP contribution in [-0.4, -0.2) is 16.8 Å². The largest absolute Gasteiger partial charge is 0.435 e. The van der Waals surface area contributed by atoms with E-state index in [-0.39, 0.29) is 11.7 Å². The van der Waals surface area contributed by atoms with Crippen LogP contribution in [0, 0.1) is 5.82 Å². The number of rotatable bonds is 3. The zero-order chi connectivity index (χ0) is 14.9. The normalized spacial score (nSPS) is 13.5. The Kier molecular flexibility index (Phi) is 3.80. The van der Waals surface area contributed by atoms with E-state index in [1.807, 2.05) is 6.92 Å². The van der Waals surface area contributed by atoms with Crippen molar-refractivity contribution in [3.05, 3.63) is 47.5 Å². The van der Waals surface area contributed by atoms with Crippen molar-refractivity contribution in [1.29, 1.82) is 0 Å². The quantitative estimate of drug-likeness (QED) is 0.878. The van der Waals surface area contributed by atoms with Crippen molar-refractivity contribution in [3.8, 4) is 5.69 Å². The molecule has 0 aliphatic carbocycles. The van der Waals surface area contributed by atoms with Gasteiger partial charge >= 0.3 is 6.18 Å². The molecule has 1 unspecified atom stereocenters. The highest BCUT2D eigenvalue weighted by molar-refractivity contribution is 5.37. The van der Waals surface area contributed by atoms with Crippen molar-refractivity contribution < 1.29 is 17.6 Å². The second kappa shape index (κ2) is 5.24. The van der Waals surface area contributed by atoms with Gasteiger partial charge in [-0.25, -0.2) is 9.07 Å². The molecule has 2 aromatic rings. The predicted octanol–water partition coefficient (Wildman–Crippen LogP) is 3.31. The molecule has 0 aliphatic heterocycles. The number of nitrogens with zero attached hydrogens (tertiary/aromatic N) is 2. The fourth-order valence-corrected chi connectivity index (χ4v) is 1.75. The molecular formula is C13H13F4N3. The van der Waals surface area contributed by atoms with E-state index in [4.69, 9.17) is 0 Å². The van der Waals surface area contributed by atoms with E-state index >= 15 is 0 Å². The molecule has 0 radical (unpaired) electrons. The molecule has 108 valence electrons. The Morgan fingerprint density at radius 1 is 1.25 bits per heavy atom. The van der Waals surface area contributed by atoms with Gasteiger partial charge < -0.3 is 5.32 Å². The van der Waals surface area contributed by atoms with Crippen LogP contribution in [-0.2, 0) is 6.18 Å². The molecule has 3 nitrogen and oxygen atoms in total. The molecular weight excluding hydrogens is 274 g/mol. The zero-order valence-electron chi connectivity index (χ0n) is 10.9. The topological polar surface area (TPSA) is 29.9 Å². The van der Waals surface area contributed by atoms with Gasteiger partial charge in [0.2, 0.25) is 0 Å². The van der Waals surface area contributed by atoms with Gasteiger partial charge in [-0.2, -0.15) is 18.3 Å². The molecule has 1 atom stereocenters. The van der Waals surface area contributed by atoms with Gasteiger partial charge in [0.05, 0.1) is 0 Å². The van der Waals surface area contributed by atoms with Crippen molar-refractivity contribution in [2.75, 3.05) is 7.05 Å². The minimum absolute atomic E-state index is 0.0208. The van der Waals surface area contributed by atoms with Crippen LogP contribution >= 0.6 is 0 Å². The highest BCUT2D eigenvalue weighted by Gasteiger charge is 2.33. The number of hydrogen-bond donors (Lipinski definition) is 1. The Morgan fingerprint density at radius 3 is 2.45 bits per heavy atom. The Labute approximate surface area is 113 Å². The monoisotopic (exact) mass is 287 g/mol. The molecule has 0 fully saturated rings. The average Bonchev–Trinajstić information content (AvgIpc) is 2.87. The summed E-state index contributed by atoms with van der Waals surface area (Å²) in [5.41, 5.74) is -0.367. The molecule has 1 aromatic heterocycles. The van der Waals surface area contributed by atoms with E-state index in [1.165, 1.54) is 12.1 Å². The van der Waals surface area contributed by atoms with E-state index < -0.39 is 17.7 Å². The summed E-state index contributed by atoms with van der Waals surface area (Å²) in [6.45, 7) is 1.85. The van der Waals surface area contributed by atoms with Gasteiger partial charge in [-0.3, -0.25) is 0 Å². The van der Waals surface area contributed by atoms with Gasteiger partial charge in [-0.05, 0) is 37.7 Å². The molecule has 0 saturated carbocycles. The van der Waals surface area contributed by atoms with Crippen LogP contribution in [0.15, 0.2) is 30.5 Å². The summed E-state index contributed by atoms with van der Waals surface area (Å²) in [6.07, 6.45) is -3.45. The summed E-state index contributed by atoms with van der Waals surface area (Å²) in [7, 11) is 1.74. The maximum atomic E-state index is 14.0. The van der Waals surface area contributed by atoms with E-state index in [9.17, 15) is 17.6 Å². The lowest BCUT2D eigenvalue weighted by Crippen LogP contribution is -2.13. The number of aromatic nitrogens is 2. The molecule has 0 spiro atoms. The zero-order valence-corrected chi connectivity index (χ0v) is 10.9. The van der Waals surface area contributed by atoms with Crippen molar-refractivity contribution in [2.45, 2.75) is 19.1 Å². The first kappa shape index (κ1) is 14.5. The second-order valence-electron chi connectivity index (χ2n) is 4.36. The molecule has 0 amide bonds. The van der Waals surface area contributed by atoms with Crippen molar-refractivity contribution in [2.24, 2.45) is 0 Å². The molecule has 1 N–H and O–H groups in total. The first-order valence-corrected chi connectivity index (χ1v) is 5.93. The summed E-state index contributed by atoms with van der Waals surface area (Å²) in [5, 5.41) is 6.30. The van der Waals surface area contributed by atoms with E-state index in [0.29, 0.717) is 5.56 Å². The Balaban J connectivity index is 2.36. The van der Waals surface area contributed by atoms with Crippen LogP contribution in [0.1, 0.15) is 24.2 Å². The third kappa shape index (κ3) is 2.82. The first-order valence-electron chi connectivity index (χ1n) is 5.93. The number of halogens is 4. The third-order valence-electron chi connectivity index (χ3n) is 3.03. The lowest BCUT2D eigenvalue weighted by atomic mass is 10.1. The van der Waals surface area contributed by atoms with Gasteiger partial charge in [-0.1, -0.05) is 6.07 Å². The Morgan fingerprint density at radius 2 is 1.95 bits per heavy atom. The van der Waals surface area contributed by atoms with E-state index in [2.05, 4.69) is 10.4 Å². The fourth-order valence-electron chi connectivity index (χ4n) is 1.75. The maximum absolute atomic E-state index is 14.0. The van der Waals surface area contributed by atoms with Gasteiger partial charge in [0.15, 0.2) is 5.69 Å². The van der Waals surface area contributed by atoms with E-state index in [1.54, 1.807) is 13.1 Å². The van der Waals surface area contributed by atoms with Crippen molar-refractivity contribution in [1.82, 2.24) is 15.1 Å². The fraction of sp³-hybridized carbons (Fsp3) is 0.308. The summed E-state index contributed by atoms with van der Waals surface area (Å²) >= 11 is 0. The molecule has 0 aliphatic rings. The minimum atomic E-state index is -4.54. The lowest BCUT2D eigenvalue weighted by molar-refractivity contribution is -0.141. The first-order chi connectivity index (χ1) is 9.32. The van der Waals surface area contributed by atoms with Crippen LogP contribution in [0.3, 0.4) is 0 Å². The second-order valence-corrected chi connectivity index (χ2v) is 4.36. The average molecular weight is 287 g/mol. The summed E-state index contributed by atoms with van der Waals surface area (Å²) in [5.74, 6) is -0.624. The maximum Gasteiger partial charge on any atom is 0.435 e. The molecule has 0 saturated heterocycles. The third-order valence-corrected chi connectivity index (χ3v) is 3.03. The Bertz CT molecular complexity index is 604. The van der Waals surface area contributed by atoms with Gasteiger partial charge in [0, 0.05) is 12.2 Å². The highest BCUT2D eigenvalue weighted by atomic mass is 19.4. The molecule has 0 bridgehead atoms. The molecule has 7 heteroatoms. The van der Waals surface area contributed by atoms with Crippen LogP contribution in [0.4, 0.5) is 17.6 Å². The number of nitrogens with one attached hydrogen (secondary N) is 1. The minimum Gasteiger partial charge on any atom is -0.313 e. The highest BCUT2D eigenvalue weighted by Crippen LogP contribution is 2.28. The molecule has 1 aromatic carbocycles. The van der Waals surface area contributed by atoms with Crippen LogP contribution in [0.2, 0.25) is 0 Å². The number of hydrogen-bond acceptors (Lipinski definition) is 2. The lowest BCUT2D eigenvalue weighted by Gasteiger charge is -2.12. The smallest absolute Gasteiger partial charge is 0.313 e. The predicted molar refractivity (Wildman–Crippen MR) is 66.0 cm³/mol. The van der Waals surface area contributed by atoms with Crippen LogP contribution in [0.25, 0.3) is 5.69 Å². The molecule has 2 rings (SSSR count). The summed E-state index contributed by atoms with van der Waals surface area (Å²) in [4.78, 5) is 0. The van der Waals surface area contributed by atoms with Crippen molar-refractivity contribution in [3.63, 3.8) is 0 Å². The standard InChI is InChI=1S/C13H13F4N3/c1-8(18-2)9-3-4-11(10(14)7-9)20-6-5-12(19-20)13(15,16)17/h3-8,18H,1-2H3. The molecule has 20 heavy (non-hydrogen) atoms. The SMILES string of the molecule is CNC(C)c1ccc(-n2ccc(C(F)(F)F)n2)c(F)c1. The van der Waals surface area contributed by atoms with Crippen LogP contribution in [0.5, 0.6) is 0 Å². The van der Waals surface area contributed by atoms with Crippen molar-refractivity contribution >= 4 is 0 Å².